The molecule has 1 aliphatic rings. The Hall–Kier alpha value is -1.35. The number of hydrogen-bond acceptors (Lipinski definition) is 2. The Kier molecular flexibility index (Phi) is 3.55. The molecule has 0 saturated carbocycles. The van der Waals surface area contributed by atoms with Crippen molar-refractivity contribution in [1.29, 1.82) is 0 Å². The number of pyridine rings is 1. The molecule has 0 amide bonds. The molecule has 0 fully saturated rings. The van der Waals surface area contributed by atoms with Crippen LogP contribution in [0.1, 0.15) is 43.9 Å². The highest BCUT2D eigenvalue weighted by Gasteiger charge is 2.32. The molecule has 1 aliphatic carbocycles. The number of halogens is 1. The molecule has 3 heteroatoms. The molecular formula is C17H19BrN2. The molecule has 2 aromatic rings. The molecule has 0 bridgehead atoms. The van der Waals surface area contributed by atoms with Gasteiger partial charge in [-0.25, -0.2) is 4.98 Å². The zero-order chi connectivity index (χ0) is 14.2. The van der Waals surface area contributed by atoms with Crippen LogP contribution in [0, 0.1) is 0 Å². The number of nitrogens with one attached hydrogen (secondary N) is 1. The van der Waals surface area contributed by atoms with Gasteiger partial charge in [-0.15, -0.1) is 0 Å². The van der Waals surface area contributed by atoms with Crippen LogP contribution in [0.5, 0.6) is 0 Å². The number of anilines is 1. The van der Waals surface area contributed by atoms with Crippen molar-refractivity contribution in [2.24, 2.45) is 0 Å². The van der Waals surface area contributed by atoms with Crippen LogP contribution >= 0.6 is 15.9 Å². The van der Waals surface area contributed by atoms with Gasteiger partial charge in [-0.1, -0.05) is 38.1 Å². The molecule has 1 N–H and O–H groups in total. The van der Waals surface area contributed by atoms with E-state index in [4.69, 9.17) is 0 Å². The summed E-state index contributed by atoms with van der Waals surface area (Å²) in [7, 11) is 0. The molecule has 0 radical (unpaired) electrons. The van der Waals surface area contributed by atoms with Gasteiger partial charge >= 0.3 is 0 Å². The summed E-state index contributed by atoms with van der Waals surface area (Å²) >= 11 is 3.51. The van der Waals surface area contributed by atoms with Crippen molar-refractivity contribution >= 4 is 21.6 Å². The Morgan fingerprint density at radius 3 is 2.80 bits per heavy atom. The van der Waals surface area contributed by atoms with E-state index in [1.54, 1.807) is 6.20 Å². The summed E-state index contributed by atoms with van der Waals surface area (Å²) in [5, 5.41) is 3.63. The maximum atomic E-state index is 4.28. The van der Waals surface area contributed by atoms with Gasteiger partial charge in [-0.3, -0.25) is 0 Å². The number of rotatable bonds is 2. The monoisotopic (exact) mass is 330 g/mol. The summed E-state index contributed by atoms with van der Waals surface area (Å²) in [6, 6.07) is 13.2. The van der Waals surface area contributed by atoms with E-state index in [0.717, 1.165) is 16.7 Å². The van der Waals surface area contributed by atoms with Crippen molar-refractivity contribution in [1.82, 2.24) is 4.98 Å². The van der Waals surface area contributed by atoms with Crippen LogP contribution in [0.4, 0.5) is 5.69 Å². The highest BCUT2D eigenvalue weighted by molar-refractivity contribution is 9.10. The van der Waals surface area contributed by atoms with E-state index in [9.17, 15) is 0 Å². The molecule has 1 atom stereocenters. The third kappa shape index (κ3) is 2.47. The first-order valence-corrected chi connectivity index (χ1v) is 7.84. The SMILES string of the molecule is CC1(C)CCC(Nc2cccnc2Br)c2ccccc21. The van der Waals surface area contributed by atoms with Gasteiger partial charge in [0.2, 0.25) is 0 Å². The Labute approximate surface area is 128 Å². The first-order valence-electron chi connectivity index (χ1n) is 7.04. The van der Waals surface area contributed by atoms with E-state index >= 15 is 0 Å². The Balaban J connectivity index is 1.95. The van der Waals surface area contributed by atoms with Gasteiger partial charge in [0.25, 0.3) is 0 Å². The second kappa shape index (κ2) is 5.21. The molecule has 104 valence electrons. The van der Waals surface area contributed by atoms with Crippen LogP contribution in [0.15, 0.2) is 47.2 Å². The van der Waals surface area contributed by atoms with Crippen LogP contribution < -0.4 is 5.32 Å². The fourth-order valence-electron chi connectivity index (χ4n) is 3.04. The lowest BCUT2D eigenvalue weighted by molar-refractivity contribution is 0.406. The van der Waals surface area contributed by atoms with E-state index in [1.807, 2.05) is 6.07 Å². The van der Waals surface area contributed by atoms with Crippen molar-refractivity contribution in [3.8, 4) is 0 Å². The van der Waals surface area contributed by atoms with Gasteiger partial charge in [0.15, 0.2) is 0 Å². The Morgan fingerprint density at radius 1 is 1.20 bits per heavy atom. The summed E-state index contributed by atoms with van der Waals surface area (Å²) in [6.07, 6.45) is 4.14. The molecule has 3 rings (SSSR count). The Morgan fingerprint density at radius 2 is 2.00 bits per heavy atom. The number of fused-ring (bicyclic) bond motifs is 1. The molecule has 0 spiro atoms. The van der Waals surface area contributed by atoms with E-state index in [2.05, 4.69) is 70.4 Å². The summed E-state index contributed by atoms with van der Waals surface area (Å²) in [4.78, 5) is 4.28. The van der Waals surface area contributed by atoms with Gasteiger partial charge in [0.1, 0.15) is 4.60 Å². The van der Waals surface area contributed by atoms with E-state index in [-0.39, 0.29) is 5.41 Å². The molecule has 20 heavy (non-hydrogen) atoms. The minimum atomic E-state index is 0.265. The standard InChI is InChI=1S/C17H19BrN2/c1-17(2)10-9-14(12-6-3-4-7-13(12)17)20-15-8-5-11-19-16(15)18/h3-8,11,14,20H,9-10H2,1-2H3. The average molecular weight is 331 g/mol. The average Bonchev–Trinajstić information content (AvgIpc) is 2.44. The quantitative estimate of drug-likeness (QED) is 0.777. The van der Waals surface area contributed by atoms with E-state index < -0.39 is 0 Å². The second-order valence-corrected chi connectivity index (χ2v) is 6.80. The molecule has 1 aromatic heterocycles. The fraction of sp³-hybridized carbons (Fsp3) is 0.353. The largest absolute Gasteiger partial charge is 0.376 e. The third-order valence-corrected chi connectivity index (χ3v) is 4.84. The second-order valence-electron chi connectivity index (χ2n) is 6.05. The first kappa shape index (κ1) is 13.6. The predicted octanol–water partition coefficient (Wildman–Crippen LogP) is 5.07. The molecule has 1 heterocycles. The summed E-state index contributed by atoms with van der Waals surface area (Å²) in [6.45, 7) is 4.67. The zero-order valence-electron chi connectivity index (χ0n) is 11.9. The molecule has 1 unspecified atom stereocenters. The highest BCUT2D eigenvalue weighted by atomic mass is 79.9. The predicted molar refractivity (Wildman–Crippen MR) is 87.0 cm³/mol. The van der Waals surface area contributed by atoms with Crippen molar-refractivity contribution < 1.29 is 0 Å². The van der Waals surface area contributed by atoms with Gasteiger partial charge in [0, 0.05) is 6.20 Å². The summed E-state index contributed by atoms with van der Waals surface area (Å²) in [5.41, 5.74) is 4.20. The first-order chi connectivity index (χ1) is 9.58. The highest BCUT2D eigenvalue weighted by Crippen LogP contribution is 2.42. The smallest absolute Gasteiger partial charge is 0.129 e. The minimum absolute atomic E-state index is 0.265. The lowest BCUT2D eigenvalue weighted by atomic mass is 9.71. The van der Waals surface area contributed by atoms with Crippen molar-refractivity contribution in [3.63, 3.8) is 0 Å². The number of hydrogen-bond donors (Lipinski definition) is 1. The van der Waals surface area contributed by atoms with Crippen LogP contribution in [0.2, 0.25) is 0 Å². The maximum Gasteiger partial charge on any atom is 0.129 e. The van der Waals surface area contributed by atoms with Gasteiger partial charge in [-0.05, 0) is 57.4 Å². The van der Waals surface area contributed by atoms with Gasteiger partial charge in [0.05, 0.1) is 11.7 Å². The van der Waals surface area contributed by atoms with Crippen molar-refractivity contribution in [2.75, 3.05) is 5.32 Å². The summed E-state index contributed by atoms with van der Waals surface area (Å²) in [5.74, 6) is 0. The minimum Gasteiger partial charge on any atom is -0.376 e. The lowest BCUT2D eigenvalue weighted by Crippen LogP contribution is -2.29. The molecule has 2 nitrogen and oxygen atoms in total. The fourth-order valence-corrected chi connectivity index (χ4v) is 3.41. The normalized spacial score (nSPS) is 20.2. The maximum absolute atomic E-state index is 4.28. The lowest BCUT2D eigenvalue weighted by Gasteiger charge is -2.37. The molecule has 1 aromatic carbocycles. The van der Waals surface area contributed by atoms with Gasteiger partial charge < -0.3 is 5.32 Å². The Bertz CT molecular complexity index is 622. The number of nitrogens with zero attached hydrogens (tertiary/aromatic N) is 1. The topological polar surface area (TPSA) is 24.9 Å². The van der Waals surface area contributed by atoms with Crippen molar-refractivity contribution in [2.45, 2.75) is 38.1 Å². The van der Waals surface area contributed by atoms with Crippen LogP contribution in [-0.4, -0.2) is 4.98 Å². The summed E-state index contributed by atoms with van der Waals surface area (Å²) < 4.78 is 0.877. The van der Waals surface area contributed by atoms with E-state index in [0.29, 0.717) is 6.04 Å². The van der Waals surface area contributed by atoms with Crippen molar-refractivity contribution in [3.05, 3.63) is 58.3 Å². The number of aromatic nitrogens is 1. The molecule has 0 aliphatic heterocycles. The van der Waals surface area contributed by atoms with Gasteiger partial charge in [-0.2, -0.15) is 0 Å². The zero-order valence-corrected chi connectivity index (χ0v) is 13.4. The number of benzene rings is 1. The van der Waals surface area contributed by atoms with Crippen LogP contribution in [-0.2, 0) is 5.41 Å². The molecular weight excluding hydrogens is 312 g/mol. The van der Waals surface area contributed by atoms with Crippen LogP contribution in [0.3, 0.4) is 0 Å². The van der Waals surface area contributed by atoms with Crippen LogP contribution in [0.25, 0.3) is 0 Å². The van der Waals surface area contributed by atoms with E-state index in [1.165, 1.54) is 17.5 Å². The third-order valence-electron chi connectivity index (χ3n) is 4.21. The molecule has 0 saturated heterocycles.